The molecule has 66 heavy (non-hydrogen) atoms. The van der Waals surface area contributed by atoms with Crippen LogP contribution in [0.3, 0.4) is 0 Å². The largest absolute Gasteiger partial charge is 0.481 e. The van der Waals surface area contributed by atoms with Crippen molar-refractivity contribution in [2.75, 3.05) is 20.3 Å². The number of hydrogen-bond donors (Lipinski definition) is 9. The molecule has 0 amide bonds. The van der Waals surface area contributed by atoms with Crippen molar-refractivity contribution in [2.24, 2.45) is 50.2 Å². The Morgan fingerprint density at radius 2 is 1.38 bits per heavy atom. The van der Waals surface area contributed by atoms with Crippen molar-refractivity contribution < 1.29 is 88.7 Å². The van der Waals surface area contributed by atoms with Crippen molar-refractivity contribution >= 4 is 11.9 Å². The summed E-state index contributed by atoms with van der Waals surface area (Å²) in [6, 6.07) is 0. The molecule has 3 heterocycles. The molecule has 8 rings (SSSR count). The Kier molecular flexibility index (Phi) is 13.6. The van der Waals surface area contributed by atoms with E-state index in [1.807, 2.05) is 0 Å². The number of hydrogen-bond acceptors (Lipinski definition) is 17. The fraction of sp³-hybridized carbons (Fsp3) is 0.917. The van der Waals surface area contributed by atoms with Crippen LogP contribution in [0.15, 0.2) is 11.6 Å². The van der Waals surface area contributed by atoms with Crippen LogP contribution in [0.25, 0.3) is 0 Å². The van der Waals surface area contributed by atoms with Crippen molar-refractivity contribution in [3.05, 3.63) is 11.6 Å². The number of aliphatic carboxylic acids is 1. The first-order valence-electron chi connectivity index (χ1n) is 24.1. The van der Waals surface area contributed by atoms with Crippen molar-refractivity contribution in [1.29, 1.82) is 0 Å². The molecule has 18 nitrogen and oxygen atoms in total. The van der Waals surface area contributed by atoms with Gasteiger partial charge in [0.25, 0.3) is 0 Å². The van der Waals surface area contributed by atoms with Gasteiger partial charge in [-0.05, 0) is 109 Å². The Balaban J connectivity index is 1.09. The molecule has 0 aromatic carbocycles. The summed E-state index contributed by atoms with van der Waals surface area (Å²) in [5.74, 6) is -1.27. The van der Waals surface area contributed by atoms with Crippen molar-refractivity contribution in [2.45, 2.75) is 205 Å². The van der Waals surface area contributed by atoms with Crippen LogP contribution in [-0.4, -0.2) is 170 Å². The number of aliphatic hydroxyl groups excluding tert-OH is 8. The van der Waals surface area contributed by atoms with Crippen LogP contribution in [0.5, 0.6) is 0 Å². The van der Waals surface area contributed by atoms with E-state index in [0.717, 1.165) is 52.1 Å². The first-order chi connectivity index (χ1) is 30.8. The summed E-state index contributed by atoms with van der Waals surface area (Å²) in [5, 5.41) is 96.5. The number of carboxylic acids is 1. The zero-order chi connectivity index (χ0) is 48.3. The lowest BCUT2D eigenvalue weighted by Crippen LogP contribution is -2.68. The average molecular weight is 941 g/mol. The van der Waals surface area contributed by atoms with Gasteiger partial charge in [0.2, 0.25) is 0 Å². The summed E-state index contributed by atoms with van der Waals surface area (Å²) >= 11 is 0. The molecule has 18 heteroatoms. The number of aliphatic hydroxyl groups is 8. The van der Waals surface area contributed by atoms with Crippen LogP contribution in [0.4, 0.5) is 0 Å². The molecule has 376 valence electrons. The number of ether oxygens (including phenoxy) is 7. The molecule has 9 N–H and O–H groups in total. The van der Waals surface area contributed by atoms with Gasteiger partial charge in [0.1, 0.15) is 61.0 Å². The van der Waals surface area contributed by atoms with Gasteiger partial charge in [0, 0.05) is 0 Å². The minimum absolute atomic E-state index is 0.0102. The van der Waals surface area contributed by atoms with E-state index in [1.54, 1.807) is 0 Å². The Morgan fingerprint density at radius 3 is 2.05 bits per heavy atom. The number of carbonyl (C=O) groups excluding carboxylic acids is 1. The summed E-state index contributed by atoms with van der Waals surface area (Å²) in [4.78, 5) is 26.7. The second-order valence-corrected chi connectivity index (χ2v) is 23.2. The predicted octanol–water partition coefficient (Wildman–Crippen LogP) is 1.53. The zero-order valence-electron chi connectivity index (χ0n) is 39.7. The average Bonchev–Trinajstić information content (AvgIpc) is 3.26. The highest BCUT2D eigenvalue weighted by Gasteiger charge is 2.70. The maximum absolute atomic E-state index is 13.5. The lowest BCUT2D eigenvalue weighted by atomic mass is 9.33. The Morgan fingerprint density at radius 1 is 0.712 bits per heavy atom. The first kappa shape index (κ1) is 50.5. The molecule has 0 spiro atoms. The highest BCUT2D eigenvalue weighted by molar-refractivity contribution is 5.77. The number of esters is 1. The monoisotopic (exact) mass is 941 g/mol. The van der Waals surface area contributed by atoms with Gasteiger partial charge < -0.3 is 79.1 Å². The lowest BCUT2D eigenvalue weighted by Gasteiger charge is -2.71. The number of methoxy groups -OCH3 is 1. The maximum Gasteiger partial charge on any atom is 0.337 e. The molecule has 0 aromatic heterocycles. The van der Waals surface area contributed by atoms with Crippen LogP contribution in [0.2, 0.25) is 0 Å². The molecule has 22 atom stereocenters. The summed E-state index contributed by atoms with van der Waals surface area (Å²) in [6.45, 7) is 14.9. The molecule has 3 saturated heterocycles. The van der Waals surface area contributed by atoms with Crippen LogP contribution in [0, 0.1) is 50.2 Å². The fourth-order valence-electron chi connectivity index (χ4n) is 14.9. The quantitative estimate of drug-likeness (QED) is 0.0900. The number of fused-ring (bicyclic) bond motifs is 7. The Bertz CT molecular complexity index is 1840. The van der Waals surface area contributed by atoms with Crippen LogP contribution in [0.1, 0.15) is 113 Å². The van der Waals surface area contributed by atoms with E-state index < -0.39 is 128 Å². The number of rotatable bonds is 9. The molecule has 7 fully saturated rings. The standard InChI is InChI=1S/C48H76O18/c1-43(2)15-17-48(42(58)59)18-16-46(6)22(23(48)19-43)9-10-27-45(5)13-12-28(44(3,4)26(45)11-14-47(27,46)7)63-41-36(65-40-33(55)31(53)30(52)25(20-49)62-40)34(56)35(37(66-41)38(57)60-8)64-39-32(54)29(51)24(50)21-61-39/h9,23-37,39-41,49-56H,10-21H2,1-8H3,(H,58,59)/t23-,24-,25+,26-,27+,28-,29-,30+,31-,32+,33+,34-,35-,36+,37-,39-,40-,41+,45-,46+,47+,48-/m0/s1. The number of allylic oxidation sites excluding steroid dienone is 2. The highest BCUT2D eigenvalue weighted by Crippen LogP contribution is 2.76. The van der Waals surface area contributed by atoms with E-state index in [1.165, 1.54) is 5.57 Å². The Hall–Kier alpha value is -1.88. The molecule has 0 unspecified atom stereocenters. The first-order valence-corrected chi connectivity index (χ1v) is 24.1. The van der Waals surface area contributed by atoms with E-state index in [4.69, 9.17) is 33.2 Å². The molecule has 0 radical (unpaired) electrons. The third-order valence-electron chi connectivity index (χ3n) is 19.1. The van der Waals surface area contributed by atoms with Gasteiger partial charge in [0.15, 0.2) is 25.0 Å². The summed E-state index contributed by atoms with van der Waals surface area (Å²) in [6.07, 6.45) is -14.1. The normalized spacial score (nSPS) is 52.1. The Labute approximate surface area is 386 Å². The minimum Gasteiger partial charge on any atom is -0.481 e. The van der Waals surface area contributed by atoms with E-state index in [9.17, 15) is 55.5 Å². The summed E-state index contributed by atoms with van der Waals surface area (Å²) in [5.41, 5.74) is -0.346. The SMILES string of the molecule is COC(=O)[C@H]1O[C@@H](O[C@H]2CC[C@]3(C)[C@H]4CC=C5[C@@H]6CC(C)(C)CC[C@]6(C(=O)O)CC[C@@]5(C)[C@]4(C)CC[C@H]3C2(C)C)[C@H](O[C@@H]2O[C@H](CO)[C@@H](O)[C@H](O)[C@H]2O)[C@@H](O)[C@@H]1O[C@@H]1OC[C@H](O)[C@H](O)[C@H]1O. The highest BCUT2D eigenvalue weighted by atomic mass is 16.8. The van der Waals surface area contributed by atoms with Crippen molar-refractivity contribution in [3.8, 4) is 0 Å². The smallest absolute Gasteiger partial charge is 0.337 e. The second-order valence-electron chi connectivity index (χ2n) is 23.2. The fourth-order valence-corrected chi connectivity index (χ4v) is 14.9. The minimum atomic E-state index is -1.90. The molecule has 8 aliphatic rings. The number of carboxylic acid groups (broad SMARTS) is 1. The van der Waals surface area contributed by atoms with Crippen molar-refractivity contribution in [3.63, 3.8) is 0 Å². The topological polar surface area (TPSA) is 281 Å². The molecule has 3 aliphatic heterocycles. The van der Waals surface area contributed by atoms with Gasteiger partial charge in [-0.1, -0.05) is 60.1 Å². The molecular weight excluding hydrogens is 865 g/mol. The van der Waals surface area contributed by atoms with E-state index >= 15 is 0 Å². The summed E-state index contributed by atoms with van der Waals surface area (Å²) in [7, 11) is 1.10. The molecule has 4 saturated carbocycles. The molecule has 5 aliphatic carbocycles. The van der Waals surface area contributed by atoms with Crippen LogP contribution in [-0.2, 0) is 42.7 Å². The van der Waals surface area contributed by atoms with E-state index in [-0.39, 0.29) is 39.4 Å². The van der Waals surface area contributed by atoms with Gasteiger partial charge in [0.05, 0.1) is 31.8 Å². The number of carbonyl (C=O) groups is 2. The zero-order valence-corrected chi connectivity index (χ0v) is 39.7. The maximum atomic E-state index is 13.5. The summed E-state index contributed by atoms with van der Waals surface area (Å²) < 4.78 is 41.6. The van der Waals surface area contributed by atoms with Crippen LogP contribution >= 0.6 is 0 Å². The van der Waals surface area contributed by atoms with Crippen molar-refractivity contribution in [1.82, 2.24) is 0 Å². The predicted molar refractivity (Wildman–Crippen MR) is 230 cm³/mol. The second kappa shape index (κ2) is 17.8. The third-order valence-corrected chi connectivity index (χ3v) is 19.1. The van der Waals surface area contributed by atoms with Gasteiger partial charge in [-0.25, -0.2) is 4.79 Å². The van der Waals surface area contributed by atoms with Gasteiger partial charge in [-0.15, -0.1) is 0 Å². The van der Waals surface area contributed by atoms with Crippen LogP contribution < -0.4 is 0 Å². The van der Waals surface area contributed by atoms with Gasteiger partial charge in [-0.2, -0.15) is 0 Å². The molecule has 0 bridgehead atoms. The van der Waals surface area contributed by atoms with Gasteiger partial charge >= 0.3 is 11.9 Å². The third kappa shape index (κ3) is 7.83. The molecular formula is C48H76O18. The van der Waals surface area contributed by atoms with E-state index in [0.29, 0.717) is 19.3 Å². The van der Waals surface area contributed by atoms with E-state index in [2.05, 4.69) is 54.5 Å². The molecule has 0 aromatic rings. The van der Waals surface area contributed by atoms with Gasteiger partial charge in [-0.3, -0.25) is 4.79 Å². The lowest BCUT2D eigenvalue weighted by molar-refractivity contribution is -0.388.